The number of nitro groups is 1. The molecule has 0 aliphatic rings. The molecule has 0 unspecified atom stereocenters. The van der Waals surface area contributed by atoms with Gasteiger partial charge < -0.3 is 14.6 Å². The van der Waals surface area contributed by atoms with Crippen LogP contribution in [0.2, 0.25) is 5.02 Å². The molecule has 134 valence electrons. The average Bonchev–Trinajstić information content (AvgIpc) is 3.09. The van der Waals surface area contributed by atoms with Crippen molar-refractivity contribution in [3.63, 3.8) is 0 Å². The molecule has 0 aliphatic carbocycles. The minimum absolute atomic E-state index is 0.129. The first-order valence-electron chi connectivity index (χ1n) is 7.81. The minimum atomic E-state index is -0.488. The van der Waals surface area contributed by atoms with Gasteiger partial charge >= 0.3 is 5.69 Å². The summed E-state index contributed by atoms with van der Waals surface area (Å²) in [6.45, 7) is 2.22. The van der Waals surface area contributed by atoms with Crippen LogP contribution >= 0.6 is 11.6 Å². The zero-order chi connectivity index (χ0) is 18.5. The van der Waals surface area contributed by atoms with Gasteiger partial charge in [-0.05, 0) is 31.2 Å². The fourth-order valence-electron chi connectivity index (χ4n) is 2.37. The number of nitrogens with one attached hydrogen (secondary N) is 1. The summed E-state index contributed by atoms with van der Waals surface area (Å²) >= 11 is 5.96. The van der Waals surface area contributed by atoms with E-state index in [0.29, 0.717) is 23.1 Å². The standard InChI is InChI=1S/C17H15ClN4O4/c1-2-25-14-8-4-7-13(16(14)22(23)24)19-10-15-20-17(21-26-15)11-5-3-6-12(18)9-11/h3-9,19H,2,10H2,1H3. The third kappa shape index (κ3) is 3.92. The van der Waals surface area contributed by atoms with Crippen molar-refractivity contribution in [2.24, 2.45) is 0 Å². The van der Waals surface area contributed by atoms with Gasteiger partial charge in [-0.3, -0.25) is 10.1 Å². The Kier molecular flexibility index (Phi) is 5.33. The first-order valence-corrected chi connectivity index (χ1v) is 8.19. The Morgan fingerprint density at radius 2 is 2.12 bits per heavy atom. The van der Waals surface area contributed by atoms with Crippen molar-refractivity contribution in [1.29, 1.82) is 0 Å². The number of rotatable bonds is 7. The van der Waals surface area contributed by atoms with Crippen LogP contribution in [0.1, 0.15) is 12.8 Å². The van der Waals surface area contributed by atoms with Crippen molar-refractivity contribution in [2.75, 3.05) is 11.9 Å². The van der Waals surface area contributed by atoms with Gasteiger partial charge in [0.15, 0.2) is 5.75 Å². The molecule has 1 N–H and O–H groups in total. The maximum atomic E-state index is 11.4. The number of benzene rings is 2. The highest BCUT2D eigenvalue weighted by Gasteiger charge is 2.21. The number of aromatic nitrogens is 2. The predicted molar refractivity (Wildman–Crippen MR) is 96.3 cm³/mol. The summed E-state index contributed by atoms with van der Waals surface area (Å²) in [6.07, 6.45) is 0. The van der Waals surface area contributed by atoms with E-state index in [4.69, 9.17) is 20.9 Å². The van der Waals surface area contributed by atoms with Gasteiger partial charge in [0.25, 0.3) is 0 Å². The Labute approximate surface area is 153 Å². The fourth-order valence-corrected chi connectivity index (χ4v) is 2.56. The van der Waals surface area contributed by atoms with E-state index in [1.165, 1.54) is 0 Å². The van der Waals surface area contributed by atoms with Gasteiger partial charge in [0.2, 0.25) is 11.7 Å². The number of nitrogens with zero attached hydrogens (tertiary/aromatic N) is 3. The largest absolute Gasteiger partial charge is 0.487 e. The lowest BCUT2D eigenvalue weighted by Gasteiger charge is -2.09. The first kappa shape index (κ1) is 17.7. The summed E-state index contributed by atoms with van der Waals surface area (Å²) < 4.78 is 10.5. The van der Waals surface area contributed by atoms with Crippen molar-refractivity contribution in [2.45, 2.75) is 13.5 Å². The molecule has 0 fully saturated rings. The van der Waals surface area contributed by atoms with Crippen molar-refractivity contribution in [1.82, 2.24) is 10.1 Å². The highest BCUT2D eigenvalue weighted by Crippen LogP contribution is 2.35. The highest BCUT2D eigenvalue weighted by atomic mass is 35.5. The van der Waals surface area contributed by atoms with Gasteiger partial charge in [0.05, 0.1) is 18.1 Å². The minimum Gasteiger partial charge on any atom is -0.487 e. The Balaban J connectivity index is 1.78. The van der Waals surface area contributed by atoms with Gasteiger partial charge in [0, 0.05) is 10.6 Å². The van der Waals surface area contributed by atoms with Gasteiger partial charge in [-0.15, -0.1) is 0 Å². The van der Waals surface area contributed by atoms with E-state index in [9.17, 15) is 10.1 Å². The van der Waals surface area contributed by atoms with Crippen LogP contribution in [0.4, 0.5) is 11.4 Å². The Morgan fingerprint density at radius 3 is 2.85 bits per heavy atom. The number of hydrogen-bond donors (Lipinski definition) is 1. The third-order valence-electron chi connectivity index (χ3n) is 3.46. The van der Waals surface area contributed by atoms with E-state index in [-0.39, 0.29) is 23.9 Å². The van der Waals surface area contributed by atoms with Crippen LogP contribution in [0.15, 0.2) is 47.0 Å². The van der Waals surface area contributed by atoms with E-state index in [2.05, 4.69) is 15.5 Å². The fraction of sp³-hybridized carbons (Fsp3) is 0.176. The maximum absolute atomic E-state index is 11.4. The summed E-state index contributed by atoms with van der Waals surface area (Å²) in [6, 6.07) is 11.9. The SMILES string of the molecule is CCOc1cccc(NCc2nc(-c3cccc(Cl)c3)no2)c1[N+](=O)[O-]. The van der Waals surface area contributed by atoms with E-state index in [0.717, 1.165) is 5.56 Å². The molecule has 0 amide bonds. The first-order chi connectivity index (χ1) is 12.6. The molecule has 3 aromatic rings. The second-order valence-electron chi connectivity index (χ2n) is 5.22. The lowest BCUT2D eigenvalue weighted by molar-refractivity contribution is -0.384. The van der Waals surface area contributed by atoms with E-state index < -0.39 is 4.92 Å². The number of halogens is 1. The molecule has 0 spiro atoms. The predicted octanol–water partition coefficient (Wildman–Crippen LogP) is 4.31. The van der Waals surface area contributed by atoms with Gasteiger partial charge in [0.1, 0.15) is 5.69 Å². The van der Waals surface area contributed by atoms with Crippen LogP contribution < -0.4 is 10.1 Å². The van der Waals surface area contributed by atoms with Crippen molar-refractivity contribution in [3.8, 4) is 17.1 Å². The quantitative estimate of drug-likeness (QED) is 0.485. The lowest BCUT2D eigenvalue weighted by atomic mass is 10.2. The summed E-state index contributed by atoms with van der Waals surface area (Å²) in [7, 11) is 0. The van der Waals surface area contributed by atoms with Crippen LogP contribution in [0.3, 0.4) is 0 Å². The normalized spacial score (nSPS) is 10.5. The molecule has 2 aromatic carbocycles. The monoisotopic (exact) mass is 374 g/mol. The Bertz CT molecular complexity index is 929. The molecule has 0 radical (unpaired) electrons. The molecule has 0 aliphatic heterocycles. The molecule has 26 heavy (non-hydrogen) atoms. The summed E-state index contributed by atoms with van der Waals surface area (Å²) in [4.78, 5) is 15.2. The second kappa shape index (κ2) is 7.83. The number of para-hydroxylation sites is 1. The molecule has 0 saturated carbocycles. The molecule has 1 aromatic heterocycles. The molecule has 0 bridgehead atoms. The molecule has 9 heteroatoms. The Morgan fingerprint density at radius 1 is 1.31 bits per heavy atom. The maximum Gasteiger partial charge on any atom is 0.333 e. The van der Waals surface area contributed by atoms with Gasteiger partial charge in [-0.25, -0.2) is 0 Å². The topological polar surface area (TPSA) is 103 Å². The smallest absolute Gasteiger partial charge is 0.333 e. The zero-order valence-electron chi connectivity index (χ0n) is 13.8. The molecule has 0 saturated heterocycles. The third-order valence-corrected chi connectivity index (χ3v) is 3.70. The molecule has 1 heterocycles. The second-order valence-corrected chi connectivity index (χ2v) is 5.65. The molecular formula is C17H15ClN4O4. The van der Waals surface area contributed by atoms with Crippen LogP contribution in [0.5, 0.6) is 5.75 Å². The average molecular weight is 375 g/mol. The number of nitro benzene ring substituents is 1. The van der Waals surface area contributed by atoms with Crippen molar-refractivity contribution in [3.05, 3.63) is 63.5 Å². The van der Waals surface area contributed by atoms with E-state index in [1.54, 1.807) is 43.3 Å². The van der Waals surface area contributed by atoms with Crippen LogP contribution in [-0.4, -0.2) is 21.7 Å². The number of anilines is 1. The van der Waals surface area contributed by atoms with Crippen molar-refractivity contribution < 1.29 is 14.2 Å². The molecule has 3 rings (SSSR count). The number of hydrogen-bond acceptors (Lipinski definition) is 7. The summed E-state index contributed by atoms with van der Waals surface area (Å²) in [5, 5.41) is 18.8. The van der Waals surface area contributed by atoms with Crippen LogP contribution in [0, 0.1) is 10.1 Å². The molecular weight excluding hydrogens is 360 g/mol. The Hall–Kier alpha value is -3.13. The van der Waals surface area contributed by atoms with Gasteiger partial charge in [-0.1, -0.05) is 35.0 Å². The summed E-state index contributed by atoms with van der Waals surface area (Å²) in [5.74, 6) is 0.880. The highest BCUT2D eigenvalue weighted by molar-refractivity contribution is 6.30. The number of ether oxygens (including phenoxy) is 1. The molecule has 0 atom stereocenters. The van der Waals surface area contributed by atoms with E-state index in [1.807, 2.05) is 6.07 Å². The zero-order valence-corrected chi connectivity index (χ0v) is 14.6. The lowest BCUT2D eigenvalue weighted by Crippen LogP contribution is -2.05. The van der Waals surface area contributed by atoms with Crippen molar-refractivity contribution >= 4 is 23.0 Å². The summed E-state index contributed by atoms with van der Waals surface area (Å²) in [5.41, 5.74) is 0.893. The van der Waals surface area contributed by atoms with Crippen LogP contribution in [0.25, 0.3) is 11.4 Å². The van der Waals surface area contributed by atoms with Gasteiger partial charge in [-0.2, -0.15) is 4.98 Å². The van der Waals surface area contributed by atoms with Crippen LogP contribution in [-0.2, 0) is 6.54 Å². The van der Waals surface area contributed by atoms with E-state index >= 15 is 0 Å². The molecule has 8 nitrogen and oxygen atoms in total.